The molecule has 1 atom stereocenters. The van der Waals surface area contributed by atoms with Gasteiger partial charge in [0.1, 0.15) is 17.3 Å². The normalized spacial score (nSPS) is 16.9. The van der Waals surface area contributed by atoms with Gasteiger partial charge in [0.05, 0.1) is 24.8 Å². The number of carbonyl (C=O) groups is 2. The van der Waals surface area contributed by atoms with Crippen LogP contribution in [0.25, 0.3) is 5.76 Å². The topological polar surface area (TPSA) is 79.3 Å². The van der Waals surface area contributed by atoms with Gasteiger partial charge in [0.2, 0.25) is 0 Å². The molecule has 2 aromatic carbocycles. The zero-order chi connectivity index (χ0) is 27.5. The van der Waals surface area contributed by atoms with Gasteiger partial charge in [-0.05, 0) is 81.4 Å². The van der Waals surface area contributed by atoms with E-state index in [-0.39, 0.29) is 11.3 Å². The summed E-state index contributed by atoms with van der Waals surface area (Å²) in [6.45, 7) is 12.5. The summed E-state index contributed by atoms with van der Waals surface area (Å²) in [7, 11) is 0. The van der Waals surface area contributed by atoms with Crippen molar-refractivity contribution in [3.63, 3.8) is 0 Å². The average molecular weight is 523 g/mol. The van der Waals surface area contributed by atoms with Crippen LogP contribution in [0.5, 0.6) is 11.5 Å². The van der Waals surface area contributed by atoms with Gasteiger partial charge in [-0.2, -0.15) is 0 Å². The first kappa shape index (κ1) is 29.2. The van der Waals surface area contributed by atoms with Gasteiger partial charge in [-0.1, -0.05) is 45.7 Å². The lowest BCUT2D eigenvalue weighted by atomic mass is 9.95. The first-order chi connectivity index (χ1) is 18.4. The maximum atomic E-state index is 13.3. The van der Waals surface area contributed by atoms with Crippen molar-refractivity contribution < 1.29 is 24.2 Å². The van der Waals surface area contributed by atoms with Crippen LogP contribution in [0.4, 0.5) is 0 Å². The third kappa shape index (κ3) is 7.16. The molecule has 38 heavy (non-hydrogen) atoms. The third-order valence-electron chi connectivity index (χ3n) is 6.96. The highest BCUT2D eigenvalue weighted by atomic mass is 16.5. The number of rotatable bonds is 15. The van der Waals surface area contributed by atoms with E-state index in [1.165, 1.54) is 0 Å². The molecule has 0 aromatic heterocycles. The lowest BCUT2D eigenvalue weighted by molar-refractivity contribution is -0.140. The van der Waals surface area contributed by atoms with Gasteiger partial charge in [0, 0.05) is 12.1 Å². The molecule has 1 N–H and O–H groups in total. The Kier molecular flexibility index (Phi) is 11.2. The Balaban J connectivity index is 1.94. The van der Waals surface area contributed by atoms with E-state index in [4.69, 9.17) is 9.47 Å². The molecule has 1 fully saturated rings. The summed E-state index contributed by atoms with van der Waals surface area (Å²) in [6.07, 6.45) is 3.97. The smallest absolute Gasteiger partial charge is 0.295 e. The molecule has 7 heteroatoms. The minimum Gasteiger partial charge on any atom is -0.507 e. The van der Waals surface area contributed by atoms with Crippen LogP contribution >= 0.6 is 0 Å². The van der Waals surface area contributed by atoms with Crippen LogP contribution in [0.15, 0.2) is 54.1 Å². The maximum absolute atomic E-state index is 13.3. The molecule has 1 aliphatic rings. The molecule has 0 aliphatic carbocycles. The predicted molar refractivity (Wildman–Crippen MR) is 150 cm³/mol. The quantitative estimate of drug-likeness (QED) is 0.138. The molecule has 0 radical (unpaired) electrons. The van der Waals surface area contributed by atoms with Crippen molar-refractivity contribution in [1.29, 1.82) is 0 Å². The van der Waals surface area contributed by atoms with E-state index in [1.54, 1.807) is 29.2 Å². The molecule has 1 heterocycles. The zero-order valence-corrected chi connectivity index (χ0v) is 23.2. The average Bonchev–Trinajstić information content (AvgIpc) is 3.19. The van der Waals surface area contributed by atoms with Crippen molar-refractivity contribution >= 4 is 17.4 Å². The number of amides is 1. The second kappa shape index (κ2) is 14.6. The molecule has 0 saturated carbocycles. The summed E-state index contributed by atoms with van der Waals surface area (Å²) in [5.41, 5.74) is 1.34. The molecule has 7 nitrogen and oxygen atoms in total. The molecule has 1 unspecified atom stereocenters. The molecule has 1 amide bonds. The number of ether oxygens (including phenoxy) is 2. The molecule has 1 saturated heterocycles. The van der Waals surface area contributed by atoms with E-state index in [9.17, 15) is 14.7 Å². The number of aliphatic hydroxyl groups is 1. The zero-order valence-electron chi connectivity index (χ0n) is 23.2. The monoisotopic (exact) mass is 522 g/mol. The number of nitrogens with zero attached hydrogens (tertiary/aromatic N) is 2. The third-order valence-corrected chi connectivity index (χ3v) is 6.96. The number of hydrogen-bond acceptors (Lipinski definition) is 6. The molecule has 0 spiro atoms. The summed E-state index contributed by atoms with van der Waals surface area (Å²) in [4.78, 5) is 30.4. The fourth-order valence-corrected chi connectivity index (χ4v) is 4.78. The van der Waals surface area contributed by atoms with Gasteiger partial charge < -0.3 is 24.4 Å². The number of unbranched alkanes of at least 4 members (excludes halogenated alkanes) is 2. The molecule has 1 aliphatic heterocycles. The van der Waals surface area contributed by atoms with Crippen LogP contribution in [-0.4, -0.2) is 66.0 Å². The van der Waals surface area contributed by atoms with Crippen LogP contribution in [0.2, 0.25) is 0 Å². The Labute approximate surface area is 227 Å². The number of Topliss-reactive ketones (excluding diaryl/α,β-unsaturated/α-hetero) is 1. The summed E-state index contributed by atoms with van der Waals surface area (Å²) in [5, 5.41) is 11.3. The van der Waals surface area contributed by atoms with Crippen molar-refractivity contribution in [2.75, 3.05) is 39.4 Å². The molecular formula is C31H42N2O5. The summed E-state index contributed by atoms with van der Waals surface area (Å²) < 4.78 is 11.4. The van der Waals surface area contributed by atoms with Crippen molar-refractivity contribution in [1.82, 2.24) is 9.80 Å². The fourth-order valence-electron chi connectivity index (χ4n) is 4.78. The van der Waals surface area contributed by atoms with Gasteiger partial charge in [-0.3, -0.25) is 9.59 Å². The van der Waals surface area contributed by atoms with E-state index < -0.39 is 17.7 Å². The van der Waals surface area contributed by atoms with E-state index in [2.05, 4.69) is 25.7 Å². The van der Waals surface area contributed by atoms with Gasteiger partial charge in [0.15, 0.2) is 0 Å². The lowest BCUT2D eigenvalue weighted by Gasteiger charge is -2.27. The molecule has 0 bridgehead atoms. The molecule has 2 aromatic rings. The summed E-state index contributed by atoms with van der Waals surface area (Å²) >= 11 is 0. The number of aliphatic hydroxyl groups excluding tert-OH is 1. The van der Waals surface area contributed by atoms with Crippen molar-refractivity contribution in [2.45, 2.75) is 59.4 Å². The Morgan fingerprint density at radius 3 is 2.11 bits per heavy atom. The van der Waals surface area contributed by atoms with Crippen molar-refractivity contribution in [3.8, 4) is 11.5 Å². The SMILES string of the molecule is CCCCCOc1ccc(C2C(=C(O)c3ccc(OCC)cc3)C(=O)C(=O)N2CCCN(CC)CC)cc1. The van der Waals surface area contributed by atoms with Gasteiger partial charge in [0.25, 0.3) is 11.7 Å². The van der Waals surface area contributed by atoms with Crippen molar-refractivity contribution in [3.05, 3.63) is 65.2 Å². The minimum absolute atomic E-state index is 0.110. The Morgan fingerprint density at radius 2 is 1.50 bits per heavy atom. The van der Waals surface area contributed by atoms with E-state index >= 15 is 0 Å². The maximum Gasteiger partial charge on any atom is 0.295 e. The highest BCUT2D eigenvalue weighted by molar-refractivity contribution is 6.46. The predicted octanol–water partition coefficient (Wildman–Crippen LogP) is 5.81. The van der Waals surface area contributed by atoms with E-state index in [0.29, 0.717) is 31.1 Å². The Hall–Kier alpha value is -3.32. The lowest BCUT2D eigenvalue weighted by Crippen LogP contribution is -2.33. The summed E-state index contributed by atoms with van der Waals surface area (Å²) in [5.74, 6) is -0.00425. The number of carbonyl (C=O) groups excluding carboxylic acids is 2. The standard InChI is InChI=1S/C31H42N2O5/c1-5-9-10-22-38-26-16-12-23(13-17-26)28-27(29(34)24-14-18-25(19-15-24)37-8-4)30(35)31(36)33(28)21-11-20-32(6-2)7-3/h12-19,28,34H,5-11,20-22H2,1-4H3. The van der Waals surface area contributed by atoms with Crippen molar-refractivity contribution in [2.24, 2.45) is 0 Å². The minimum atomic E-state index is -0.674. The van der Waals surface area contributed by atoms with Crippen LogP contribution in [0, 0.1) is 0 Å². The highest BCUT2D eigenvalue weighted by Gasteiger charge is 2.45. The number of benzene rings is 2. The number of likely N-dealkylation sites (tertiary alicyclic amines) is 1. The van der Waals surface area contributed by atoms with Crippen LogP contribution in [-0.2, 0) is 9.59 Å². The number of hydrogen-bond donors (Lipinski definition) is 1. The fraction of sp³-hybridized carbons (Fsp3) is 0.484. The molecule has 3 rings (SSSR count). The first-order valence-corrected chi connectivity index (χ1v) is 13.9. The first-order valence-electron chi connectivity index (χ1n) is 13.9. The van der Waals surface area contributed by atoms with Gasteiger partial charge >= 0.3 is 0 Å². The van der Waals surface area contributed by atoms with Crippen LogP contribution < -0.4 is 9.47 Å². The highest BCUT2D eigenvalue weighted by Crippen LogP contribution is 2.40. The van der Waals surface area contributed by atoms with Gasteiger partial charge in [-0.25, -0.2) is 0 Å². The van der Waals surface area contributed by atoms with E-state index in [0.717, 1.165) is 56.6 Å². The molecular weight excluding hydrogens is 480 g/mol. The van der Waals surface area contributed by atoms with Crippen LogP contribution in [0.3, 0.4) is 0 Å². The largest absolute Gasteiger partial charge is 0.507 e. The second-order valence-corrected chi connectivity index (χ2v) is 9.45. The van der Waals surface area contributed by atoms with Crippen LogP contribution in [0.1, 0.15) is 70.5 Å². The Bertz CT molecular complexity index is 1070. The second-order valence-electron chi connectivity index (χ2n) is 9.45. The number of ketones is 1. The van der Waals surface area contributed by atoms with Gasteiger partial charge in [-0.15, -0.1) is 0 Å². The summed E-state index contributed by atoms with van der Waals surface area (Å²) in [6, 6.07) is 13.7. The molecule has 206 valence electrons. The Morgan fingerprint density at radius 1 is 0.868 bits per heavy atom. The van der Waals surface area contributed by atoms with E-state index in [1.807, 2.05) is 31.2 Å².